The second-order valence-corrected chi connectivity index (χ2v) is 10.4. The number of fused-ring (bicyclic) bond motifs is 3. The normalized spacial score (nSPS) is 12.3. The minimum absolute atomic E-state index is 0.218. The molecular weight excluding hydrogens is 524 g/mol. The molecule has 0 spiro atoms. The fourth-order valence-corrected chi connectivity index (χ4v) is 5.99. The first kappa shape index (κ1) is 25.8. The number of carbonyl (C=O) groups is 2. The lowest BCUT2D eigenvalue weighted by Gasteiger charge is -2.10. The third-order valence-corrected chi connectivity index (χ3v) is 7.80. The molecule has 0 amide bonds. The van der Waals surface area contributed by atoms with Crippen molar-refractivity contribution in [1.82, 2.24) is 14.8 Å². The fraction of sp³-hybridized carbons (Fsp3) is 0.250. The van der Waals surface area contributed by atoms with Crippen LogP contribution in [-0.2, 0) is 35.3 Å². The van der Waals surface area contributed by atoms with Gasteiger partial charge in [-0.3, -0.25) is 14.4 Å². The molecule has 0 fully saturated rings. The molecule has 10 heteroatoms. The monoisotopic (exact) mass is 548 g/mol. The molecule has 1 aliphatic heterocycles. The second kappa shape index (κ2) is 10.9. The van der Waals surface area contributed by atoms with Crippen LogP contribution >= 0.6 is 22.9 Å². The molecular formula is C28H25ClN4O4S. The van der Waals surface area contributed by atoms with Crippen molar-refractivity contribution in [3.63, 3.8) is 0 Å². The van der Waals surface area contributed by atoms with E-state index < -0.39 is 11.9 Å². The average Bonchev–Trinajstić information content (AvgIpc) is 3.43. The van der Waals surface area contributed by atoms with Crippen molar-refractivity contribution < 1.29 is 19.4 Å². The number of carboxylic acids is 1. The molecule has 38 heavy (non-hydrogen) atoms. The highest BCUT2D eigenvalue weighted by Crippen LogP contribution is 2.35. The quantitative estimate of drug-likeness (QED) is 0.302. The van der Waals surface area contributed by atoms with Crippen LogP contribution in [0.1, 0.15) is 56.1 Å². The third kappa shape index (κ3) is 5.12. The lowest BCUT2D eigenvalue weighted by atomic mass is 9.98. The molecule has 1 N–H and O–H groups in total. The first-order chi connectivity index (χ1) is 18.4. The highest BCUT2D eigenvalue weighted by atomic mass is 35.5. The maximum atomic E-state index is 12.5. The van der Waals surface area contributed by atoms with E-state index in [0.717, 1.165) is 43.9 Å². The largest absolute Gasteiger partial charge is 0.481 e. The van der Waals surface area contributed by atoms with Gasteiger partial charge in [0.2, 0.25) is 0 Å². The summed E-state index contributed by atoms with van der Waals surface area (Å²) in [5.74, 6) is 0.0540. The van der Waals surface area contributed by atoms with E-state index in [1.807, 2.05) is 37.3 Å². The maximum absolute atomic E-state index is 12.5. The summed E-state index contributed by atoms with van der Waals surface area (Å²) in [5.41, 5.74) is 4.32. The van der Waals surface area contributed by atoms with Crippen LogP contribution in [0.3, 0.4) is 0 Å². The Labute approximate surface area is 228 Å². The predicted octanol–water partition coefficient (Wildman–Crippen LogP) is 5.23. The summed E-state index contributed by atoms with van der Waals surface area (Å²) < 4.78 is 7.22. The Morgan fingerprint density at radius 2 is 1.92 bits per heavy atom. The highest BCUT2D eigenvalue weighted by Gasteiger charge is 2.25. The zero-order valence-corrected chi connectivity index (χ0v) is 22.5. The van der Waals surface area contributed by atoms with Crippen molar-refractivity contribution in [2.24, 2.45) is 4.99 Å². The molecule has 194 valence electrons. The molecule has 4 aromatic rings. The summed E-state index contributed by atoms with van der Waals surface area (Å²) in [6, 6.07) is 15.1. The summed E-state index contributed by atoms with van der Waals surface area (Å²) >= 11 is 8.22. The maximum Gasteiger partial charge on any atom is 0.338 e. The molecule has 0 aliphatic carbocycles. The standard InChI is InChI=1S/C28H25ClN4O4S/c1-3-37-28(36)21-12-17(8-10-18(21)13-25(34)35)9-11-19-14-22-26(20-6-4-5-7-23(20)29)30-15-24-32-31-16(2)33(24)27(22)38-19/h4-8,10,12,14H,3,9,11,13,15H2,1-2H3,(H,34,35). The summed E-state index contributed by atoms with van der Waals surface area (Å²) in [5, 5.41) is 19.5. The predicted molar refractivity (Wildman–Crippen MR) is 146 cm³/mol. The fourth-order valence-electron chi connectivity index (χ4n) is 4.54. The molecule has 2 aromatic carbocycles. The van der Waals surface area contributed by atoms with Crippen LogP contribution in [0.5, 0.6) is 0 Å². The van der Waals surface area contributed by atoms with Crippen LogP contribution in [0.4, 0.5) is 0 Å². The van der Waals surface area contributed by atoms with E-state index in [1.165, 1.54) is 0 Å². The Morgan fingerprint density at radius 1 is 1.11 bits per heavy atom. The number of aromatic nitrogens is 3. The smallest absolute Gasteiger partial charge is 0.338 e. The van der Waals surface area contributed by atoms with E-state index in [-0.39, 0.29) is 13.0 Å². The van der Waals surface area contributed by atoms with Gasteiger partial charge in [-0.1, -0.05) is 41.9 Å². The highest BCUT2D eigenvalue weighted by molar-refractivity contribution is 7.15. The summed E-state index contributed by atoms with van der Waals surface area (Å²) in [6.07, 6.45) is 1.13. The number of carboxylic acid groups (broad SMARTS) is 1. The SMILES string of the molecule is CCOC(=O)c1cc(CCc2cc3c(s2)-n2c(C)nnc2CN=C3c2ccccc2Cl)ccc1CC(=O)O. The number of esters is 1. The summed E-state index contributed by atoms with van der Waals surface area (Å²) in [7, 11) is 0. The van der Waals surface area contributed by atoms with Gasteiger partial charge in [-0.05, 0) is 56.0 Å². The number of nitrogens with zero attached hydrogens (tertiary/aromatic N) is 4. The number of benzene rings is 2. The zero-order valence-electron chi connectivity index (χ0n) is 20.9. The number of aryl methyl sites for hydroxylation is 3. The van der Waals surface area contributed by atoms with E-state index in [1.54, 1.807) is 30.4 Å². The van der Waals surface area contributed by atoms with E-state index in [2.05, 4.69) is 20.8 Å². The first-order valence-corrected chi connectivity index (χ1v) is 13.4. The number of hydrogen-bond acceptors (Lipinski definition) is 7. The molecule has 0 radical (unpaired) electrons. The van der Waals surface area contributed by atoms with Crippen molar-refractivity contribution in [2.45, 2.75) is 39.7 Å². The third-order valence-electron chi connectivity index (χ3n) is 6.29. The van der Waals surface area contributed by atoms with Crippen LogP contribution in [0.25, 0.3) is 5.00 Å². The number of halogens is 1. The van der Waals surface area contributed by atoms with Gasteiger partial charge >= 0.3 is 11.9 Å². The van der Waals surface area contributed by atoms with Gasteiger partial charge in [-0.2, -0.15) is 0 Å². The Balaban J connectivity index is 1.48. The van der Waals surface area contributed by atoms with Gasteiger partial charge in [0.1, 0.15) is 17.4 Å². The molecule has 0 saturated carbocycles. The number of ether oxygens (including phenoxy) is 1. The van der Waals surface area contributed by atoms with Gasteiger partial charge in [-0.15, -0.1) is 21.5 Å². The molecule has 0 saturated heterocycles. The molecule has 2 aromatic heterocycles. The van der Waals surface area contributed by atoms with Crippen molar-refractivity contribution in [2.75, 3.05) is 6.61 Å². The van der Waals surface area contributed by atoms with Gasteiger partial charge < -0.3 is 9.84 Å². The van der Waals surface area contributed by atoms with E-state index in [4.69, 9.17) is 21.3 Å². The first-order valence-electron chi connectivity index (χ1n) is 12.2. The summed E-state index contributed by atoms with van der Waals surface area (Å²) in [4.78, 5) is 29.8. The van der Waals surface area contributed by atoms with Gasteiger partial charge in [0.05, 0.1) is 24.3 Å². The van der Waals surface area contributed by atoms with Crippen LogP contribution < -0.4 is 0 Å². The van der Waals surface area contributed by atoms with Crippen LogP contribution in [-0.4, -0.2) is 44.1 Å². The lowest BCUT2D eigenvalue weighted by molar-refractivity contribution is -0.136. The number of rotatable bonds is 8. The van der Waals surface area contributed by atoms with Crippen LogP contribution in [0.2, 0.25) is 5.02 Å². The number of aliphatic carboxylic acids is 1. The molecule has 0 bridgehead atoms. The Bertz CT molecular complexity index is 1570. The zero-order chi connectivity index (χ0) is 26.8. The molecule has 0 unspecified atom stereocenters. The minimum Gasteiger partial charge on any atom is -0.481 e. The molecule has 5 rings (SSSR count). The van der Waals surface area contributed by atoms with Crippen molar-refractivity contribution in [3.8, 4) is 5.00 Å². The van der Waals surface area contributed by atoms with Crippen molar-refractivity contribution in [3.05, 3.63) is 97.9 Å². The lowest BCUT2D eigenvalue weighted by Crippen LogP contribution is -2.12. The number of carbonyl (C=O) groups excluding carboxylic acids is 1. The number of aliphatic imine (C=N–C) groups is 1. The minimum atomic E-state index is -0.997. The van der Waals surface area contributed by atoms with Gasteiger partial charge in [0, 0.05) is 21.0 Å². The average molecular weight is 549 g/mol. The van der Waals surface area contributed by atoms with E-state index in [9.17, 15) is 14.7 Å². The molecule has 8 nitrogen and oxygen atoms in total. The van der Waals surface area contributed by atoms with E-state index >= 15 is 0 Å². The molecule has 3 heterocycles. The van der Waals surface area contributed by atoms with Crippen molar-refractivity contribution >= 4 is 40.6 Å². The number of hydrogen-bond donors (Lipinski definition) is 1. The van der Waals surface area contributed by atoms with Gasteiger partial charge in [0.15, 0.2) is 5.82 Å². The second-order valence-electron chi connectivity index (χ2n) is 8.86. The van der Waals surface area contributed by atoms with Gasteiger partial charge in [0.25, 0.3) is 0 Å². The molecule has 0 atom stereocenters. The Hall–Kier alpha value is -3.82. The molecule has 1 aliphatic rings. The van der Waals surface area contributed by atoms with E-state index in [0.29, 0.717) is 35.5 Å². The van der Waals surface area contributed by atoms with Gasteiger partial charge in [-0.25, -0.2) is 4.79 Å². The topological polar surface area (TPSA) is 107 Å². The van der Waals surface area contributed by atoms with Crippen LogP contribution in [0.15, 0.2) is 53.5 Å². The van der Waals surface area contributed by atoms with Crippen LogP contribution in [0, 0.1) is 6.92 Å². The number of thiophene rings is 1. The summed E-state index contributed by atoms with van der Waals surface area (Å²) in [6.45, 7) is 4.27. The van der Waals surface area contributed by atoms with Crippen molar-refractivity contribution in [1.29, 1.82) is 0 Å². The Kier molecular flexibility index (Phi) is 7.40. The Morgan fingerprint density at radius 3 is 2.68 bits per heavy atom.